The van der Waals surface area contributed by atoms with E-state index in [2.05, 4.69) is 41.5 Å². The molecule has 1 unspecified atom stereocenters. The van der Waals surface area contributed by atoms with E-state index in [1.807, 2.05) is 0 Å². The second kappa shape index (κ2) is 3.69. The van der Waals surface area contributed by atoms with Crippen LogP contribution in [0.25, 0.3) is 0 Å². The lowest BCUT2D eigenvalue weighted by atomic mass is 9.91. The van der Waals surface area contributed by atoms with Crippen molar-refractivity contribution in [3.8, 4) is 0 Å². The Bertz CT molecular complexity index is 264. The summed E-state index contributed by atoms with van der Waals surface area (Å²) in [6.07, 6.45) is 1.27. The van der Waals surface area contributed by atoms with E-state index < -0.39 is 0 Å². The molecule has 0 fully saturated rings. The lowest BCUT2D eigenvalue weighted by Crippen LogP contribution is -2.01. The van der Waals surface area contributed by atoms with Crippen molar-refractivity contribution >= 4 is 0 Å². The van der Waals surface area contributed by atoms with Gasteiger partial charge in [-0.3, -0.25) is 0 Å². The molecular weight excluding hydrogens is 156 g/mol. The Kier molecular flexibility index (Phi) is 3.00. The Labute approximate surface area is 82.7 Å². The van der Waals surface area contributed by atoms with Gasteiger partial charge in [-0.1, -0.05) is 31.9 Å². The molecule has 1 rings (SSSR count). The smallest absolute Gasteiger partial charge is 0.00125 e. The van der Waals surface area contributed by atoms with Crippen molar-refractivity contribution in [1.29, 1.82) is 0 Å². The van der Waals surface area contributed by atoms with Crippen LogP contribution in [0.2, 0.25) is 0 Å². The Hall–Kier alpha value is -0.520. The summed E-state index contributed by atoms with van der Waals surface area (Å²) >= 11 is 0. The quantitative estimate of drug-likeness (QED) is 0.590. The summed E-state index contributed by atoms with van der Waals surface area (Å²) in [5.74, 6) is 1.48. The average Bonchev–Trinajstić information content (AvgIpc) is 2.22. The summed E-state index contributed by atoms with van der Waals surface area (Å²) in [7, 11) is 0. The highest BCUT2D eigenvalue weighted by atomic mass is 14.3. The highest BCUT2D eigenvalue weighted by molar-refractivity contribution is 5.46. The first kappa shape index (κ1) is 10.6. The van der Waals surface area contributed by atoms with Crippen LogP contribution in [-0.4, -0.2) is 0 Å². The Morgan fingerprint density at radius 3 is 1.92 bits per heavy atom. The standard InChI is InChI=1S/C13H22/c1-8(2)7-13-11(5)9(3)10(4)12(13)6/h8,11H,7H2,1-6H3. The first-order valence-corrected chi connectivity index (χ1v) is 5.32. The normalized spacial score (nSPS) is 23.8. The summed E-state index contributed by atoms with van der Waals surface area (Å²) in [4.78, 5) is 0. The molecule has 0 amide bonds. The van der Waals surface area contributed by atoms with Crippen LogP contribution in [0, 0.1) is 11.8 Å². The summed E-state index contributed by atoms with van der Waals surface area (Å²) in [5, 5.41) is 0. The van der Waals surface area contributed by atoms with E-state index in [4.69, 9.17) is 0 Å². The van der Waals surface area contributed by atoms with Gasteiger partial charge in [-0.2, -0.15) is 0 Å². The molecule has 74 valence electrons. The van der Waals surface area contributed by atoms with E-state index in [1.165, 1.54) is 12.0 Å². The molecule has 0 aromatic heterocycles. The van der Waals surface area contributed by atoms with Gasteiger partial charge in [-0.05, 0) is 50.2 Å². The summed E-state index contributed by atoms with van der Waals surface area (Å²) in [5.41, 5.74) is 6.33. The molecule has 0 N–H and O–H groups in total. The molecule has 0 aromatic carbocycles. The summed E-state index contributed by atoms with van der Waals surface area (Å²) in [6, 6.07) is 0. The maximum atomic E-state index is 2.34. The van der Waals surface area contributed by atoms with Crippen molar-refractivity contribution in [2.75, 3.05) is 0 Å². The molecule has 0 saturated carbocycles. The fourth-order valence-corrected chi connectivity index (χ4v) is 2.22. The zero-order valence-electron chi connectivity index (χ0n) is 9.86. The van der Waals surface area contributed by atoms with Crippen molar-refractivity contribution in [1.82, 2.24) is 0 Å². The minimum absolute atomic E-state index is 0.697. The van der Waals surface area contributed by atoms with Gasteiger partial charge in [-0.25, -0.2) is 0 Å². The maximum Gasteiger partial charge on any atom is -0.00125 e. The Morgan fingerprint density at radius 2 is 1.62 bits per heavy atom. The predicted octanol–water partition coefficient (Wildman–Crippen LogP) is 4.34. The highest BCUT2D eigenvalue weighted by Gasteiger charge is 2.23. The van der Waals surface area contributed by atoms with E-state index in [0.29, 0.717) is 5.92 Å². The highest BCUT2D eigenvalue weighted by Crippen LogP contribution is 2.39. The molecule has 13 heavy (non-hydrogen) atoms. The van der Waals surface area contributed by atoms with Gasteiger partial charge in [0, 0.05) is 0 Å². The predicted molar refractivity (Wildman–Crippen MR) is 59.7 cm³/mol. The van der Waals surface area contributed by atoms with Crippen LogP contribution in [0.4, 0.5) is 0 Å². The van der Waals surface area contributed by atoms with Crippen molar-refractivity contribution in [3.63, 3.8) is 0 Å². The monoisotopic (exact) mass is 178 g/mol. The van der Waals surface area contributed by atoms with Crippen molar-refractivity contribution in [2.45, 2.75) is 48.0 Å². The fraction of sp³-hybridized carbons (Fsp3) is 0.692. The van der Waals surface area contributed by atoms with Crippen LogP contribution in [0.15, 0.2) is 22.3 Å². The van der Waals surface area contributed by atoms with Crippen molar-refractivity contribution in [3.05, 3.63) is 22.3 Å². The molecular formula is C13H22. The largest absolute Gasteiger partial charge is 0.0632 e. The molecule has 0 spiro atoms. The number of hydrogen-bond acceptors (Lipinski definition) is 0. The molecule has 1 aliphatic carbocycles. The first-order chi connectivity index (χ1) is 5.95. The molecule has 0 heterocycles. The lowest BCUT2D eigenvalue weighted by Gasteiger charge is -2.14. The average molecular weight is 178 g/mol. The van der Waals surface area contributed by atoms with Gasteiger partial charge in [0.1, 0.15) is 0 Å². The molecule has 0 heteroatoms. The number of rotatable bonds is 2. The molecule has 0 saturated heterocycles. The molecule has 0 bridgehead atoms. The number of allylic oxidation sites excluding steroid dienone is 4. The van der Waals surface area contributed by atoms with E-state index >= 15 is 0 Å². The minimum atomic E-state index is 0.697. The zero-order valence-corrected chi connectivity index (χ0v) is 9.86. The summed E-state index contributed by atoms with van der Waals surface area (Å²) < 4.78 is 0. The second-order valence-corrected chi connectivity index (χ2v) is 4.78. The minimum Gasteiger partial charge on any atom is -0.0632 e. The van der Waals surface area contributed by atoms with Gasteiger partial charge < -0.3 is 0 Å². The third-order valence-electron chi connectivity index (χ3n) is 3.44. The van der Waals surface area contributed by atoms with Crippen LogP contribution < -0.4 is 0 Å². The van der Waals surface area contributed by atoms with Crippen molar-refractivity contribution < 1.29 is 0 Å². The molecule has 0 aliphatic heterocycles. The third-order valence-corrected chi connectivity index (χ3v) is 3.44. The van der Waals surface area contributed by atoms with Crippen LogP contribution >= 0.6 is 0 Å². The maximum absolute atomic E-state index is 2.34. The van der Waals surface area contributed by atoms with Gasteiger partial charge >= 0.3 is 0 Å². The van der Waals surface area contributed by atoms with E-state index in [0.717, 1.165) is 5.92 Å². The van der Waals surface area contributed by atoms with Gasteiger partial charge in [0.25, 0.3) is 0 Å². The third kappa shape index (κ3) is 1.87. The van der Waals surface area contributed by atoms with E-state index in [9.17, 15) is 0 Å². The van der Waals surface area contributed by atoms with E-state index in [-0.39, 0.29) is 0 Å². The molecule has 0 nitrogen and oxygen atoms in total. The lowest BCUT2D eigenvalue weighted by molar-refractivity contribution is 0.599. The topological polar surface area (TPSA) is 0 Å². The first-order valence-electron chi connectivity index (χ1n) is 5.32. The van der Waals surface area contributed by atoms with Gasteiger partial charge in [0.15, 0.2) is 0 Å². The van der Waals surface area contributed by atoms with Gasteiger partial charge in [0.05, 0.1) is 0 Å². The Morgan fingerprint density at radius 1 is 1.08 bits per heavy atom. The van der Waals surface area contributed by atoms with Gasteiger partial charge in [0.2, 0.25) is 0 Å². The molecule has 1 atom stereocenters. The summed E-state index contributed by atoms with van der Waals surface area (Å²) in [6.45, 7) is 13.8. The van der Waals surface area contributed by atoms with Gasteiger partial charge in [-0.15, -0.1) is 0 Å². The fourth-order valence-electron chi connectivity index (χ4n) is 2.22. The molecule has 0 radical (unpaired) electrons. The van der Waals surface area contributed by atoms with Crippen LogP contribution in [-0.2, 0) is 0 Å². The van der Waals surface area contributed by atoms with Crippen LogP contribution in [0.1, 0.15) is 48.0 Å². The van der Waals surface area contributed by atoms with Crippen LogP contribution in [0.5, 0.6) is 0 Å². The van der Waals surface area contributed by atoms with Crippen molar-refractivity contribution in [2.24, 2.45) is 11.8 Å². The molecule has 1 aliphatic rings. The van der Waals surface area contributed by atoms with Crippen LogP contribution in [0.3, 0.4) is 0 Å². The Balaban J connectivity index is 2.90. The van der Waals surface area contributed by atoms with E-state index in [1.54, 1.807) is 16.7 Å². The zero-order chi connectivity index (χ0) is 10.2. The molecule has 0 aromatic rings. The SMILES string of the molecule is CC1=C(C)C(C)C(CC(C)C)=C1C. The number of hydrogen-bond donors (Lipinski definition) is 0. The second-order valence-electron chi connectivity index (χ2n) is 4.78.